The van der Waals surface area contributed by atoms with Gasteiger partial charge in [-0.1, -0.05) is 47.7 Å². The summed E-state index contributed by atoms with van der Waals surface area (Å²) in [4.78, 5) is 16.6. The molecule has 0 aliphatic rings. The van der Waals surface area contributed by atoms with E-state index < -0.39 is 5.82 Å². The zero-order chi connectivity index (χ0) is 15.8. The second kappa shape index (κ2) is 5.44. The van der Waals surface area contributed by atoms with Gasteiger partial charge < -0.3 is 0 Å². The van der Waals surface area contributed by atoms with Gasteiger partial charge in [-0.3, -0.25) is 10.1 Å². The van der Waals surface area contributed by atoms with Gasteiger partial charge in [-0.25, -0.2) is 9.37 Å². The molecule has 5 heteroatoms. The van der Waals surface area contributed by atoms with Gasteiger partial charge in [-0.2, -0.15) is 0 Å². The fourth-order valence-electron chi connectivity index (χ4n) is 2.51. The first kappa shape index (κ1) is 13.8. The molecule has 4 rings (SSSR count). The number of hydrogen-bond donors (Lipinski definition) is 1. The molecule has 0 saturated heterocycles. The van der Waals surface area contributed by atoms with Gasteiger partial charge in [-0.05, 0) is 29.7 Å². The molecule has 0 atom stereocenters. The highest BCUT2D eigenvalue weighted by Gasteiger charge is 2.12. The first-order valence-corrected chi connectivity index (χ1v) is 7.87. The summed E-state index contributed by atoms with van der Waals surface area (Å²) in [5, 5.41) is 5.48. The Balaban J connectivity index is 1.72. The average Bonchev–Trinajstić information content (AvgIpc) is 2.97. The van der Waals surface area contributed by atoms with Crippen molar-refractivity contribution in [2.24, 2.45) is 0 Å². The number of aromatic nitrogens is 1. The topological polar surface area (TPSA) is 42.0 Å². The number of hydrogen-bond acceptors (Lipinski definition) is 3. The van der Waals surface area contributed by atoms with Gasteiger partial charge in [0.1, 0.15) is 5.82 Å². The first-order valence-electron chi connectivity index (χ1n) is 7.06. The molecule has 0 unspecified atom stereocenters. The lowest BCUT2D eigenvalue weighted by Crippen LogP contribution is -2.11. The predicted molar refractivity (Wildman–Crippen MR) is 91.5 cm³/mol. The van der Waals surface area contributed by atoms with E-state index in [0.717, 1.165) is 21.0 Å². The van der Waals surface area contributed by atoms with Crippen LogP contribution in [0.5, 0.6) is 0 Å². The van der Waals surface area contributed by atoms with E-state index in [-0.39, 0.29) is 11.5 Å². The standard InChI is InChI=1S/C18H11FN2OS/c19-13-6-3-5-12(10-13)17(22)21-18-20-15-9-8-11-4-1-2-7-14(11)16(15)23-18/h1-10H,(H,20,21,22). The van der Waals surface area contributed by atoms with Crippen LogP contribution in [0.25, 0.3) is 21.0 Å². The number of nitrogens with zero attached hydrogens (tertiary/aromatic N) is 1. The molecule has 3 aromatic carbocycles. The summed E-state index contributed by atoms with van der Waals surface area (Å²) in [6.07, 6.45) is 0. The zero-order valence-electron chi connectivity index (χ0n) is 11.9. The van der Waals surface area contributed by atoms with E-state index in [1.165, 1.54) is 29.5 Å². The maximum Gasteiger partial charge on any atom is 0.257 e. The quantitative estimate of drug-likeness (QED) is 0.574. The zero-order valence-corrected chi connectivity index (χ0v) is 12.7. The van der Waals surface area contributed by atoms with E-state index >= 15 is 0 Å². The van der Waals surface area contributed by atoms with E-state index in [9.17, 15) is 9.18 Å². The van der Waals surface area contributed by atoms with Gasteiger partial charge in [0.2, 0.25) is 0 Å². The summed E-state index contributed by atoms with van der Waals surface area (Å²) in [6, 6.07) is 17.6. The number of fused-ring (bicyclic) bond motifs is 3. The summed E-state index contributed by atoms with van der Waals surface area (Å²) < 4.78 is 14.2. The van der Waals surface area contributed by atoms with E-state index in [1.54, 1.807) is 6.07 Å². The van der Waals surface area contributed by atoms with Gasteiger partial charge in [0.25, 0.3) is 5.91 Å². The normalized spacial score (nSPS) is 11.0. The van der Waals surface area contributed by atoms with Crippen molar-refractivity contribution in [1.29, 1.82) is 0 Å². The van der Waals surface area contributed by atoms with Gasteiger partial charge in [0.15, 0.2) is 5.13 Å². The monoisotopic (exact) mass is 322 g/mol. The van der Waals surface area contributed by atoms with Crippen LogP contribution >= 0.6 is 11.3 Å². The number of halogens is 1. The van der Waals surface area contributed by atoms with Gasteiger partial charge in [-0.15, -0.1) is 0 Å². The first-order chi connectivity index (χ1) is 11.2. The molecule has 1 amide bonds. The summed E-state index contributed by atoms with van der Waals surface area (Å²) in [5.41, 5.74) is 1.11. The van der Waals surface area contributed by atoms with Crippen LogP contribution in [-0.2, 0) is 0 Å². The van der Waals surface area contributed by atoms with E-state index in [0.29, 0.717) is 5.13 Å². The number of anilines is 1. The van der Waals surface area contributed by atoms with E-state index in [1.807, 2.05) is 36.4 Å². The van der Waals surface area contributed by atoms with Crippen LogP contribution in [-0.4, -0.2) is 10.9 Å². The van der Waals surface area contributed by atoms with Crippen LogP contribution < -0.4 is 5.32 Å². The molecule has 0 saturated carbocycles. The summed E-state index contributed by atoms with van der Waals surface area (Å²) in [5.74, 6) is -0.805. The van der Waals surface area contributed by atoms with Crippen molar-refractivity contribution in [3.8, 4) is 0 Å². The van der Waals surface area contributed by atoms with Crippen LogP contribution in [0.4, 0.5) is 9.52 Å². The van der Waals surface area contributed by atoms with E-state index in [4.69, 9.17) is 0 Å². The molecule has 112 valence electrons. The number of benzene rings is 3. The largest absolute Gasteiger partial charge is 0.298 e. The summed E-state index contributed by atoms with van der Waals surface area (Å²) in [7, 11) is 0. The Kier molecular flexibility index (Phi) is 3.28. The maximum atomic E-state index is 13.2. The number of rotatable bonds is 2. The Morgan fingerprint density at radius 1 is 1.04 bits per heavy atom. The number of thiazole rings is 1. The third kappa shape index (κ3) is 2.55. The molecular weight excluding hydrogens is 311 g/mol. The fourth-order valence-corrected chi connectivity index (χ4v) is 3.50. The minimum absolute atomic E-state index is 0.272. The summed E-state index contributed by atoms with van der Waals surface area (Å²) >= 11 is 1.42. The molecule has 0 aliphatic heterocycles. The smallest absolute Gasteiger partial charge is 0.257 e. The van der Waals surface area contributed by atoms with Crippen molar-refractivity contribution in [3.05, 3.63) is 72.0 Å². The lowest BCUT2D eigenvalue weighted by atomic mass is 10.1. The van der Waals surface area contributed by atoms with Gasteiger partial charge in [0.05, 0.1) is 10.2 Å². The van der Waals surface area contributed by atoms with Crippen LogP contribution in [0.15, 0.2) is 60.7 Å². The SMILES string of the molecule is O=C(Nc1nc2ccc3ccccc3c2s1)c1cccc(F)c1. The second-order valence-electron chi connectivity index (χ2n) is 5.12. The van der Waals surface area contributed by atoms with Crippen molar-refractivity contribution < 1.29 is 9.18 Å². The average molecular weight is 322 g/mol. The third-order valence-corrected chi connectivity index (χ3v) is 4.61. The van der Waals surface area contributed by atoms with Crippen LogP contribution in [0, 0.1) is 5.82 Å². The minimum Gasteiger partial charge on any atom is -0.298 e. The highest BCUT2D eigenvalue weighted by atomic mass is 32.1. The molecule has 1 N–H and O–H groups in total. The fraction of sp³-hybridized carbons (Fsp3) is 0. The van der Waals surface area contributed by atoms with Crippen LogP contribution in [0.1, 0.15) is 10.4 Å². The molecule has 0 fully saturated rings. The Morgan fingerprint density at radius 2 is 1.91 bits per heavy atom. The molecule has 3 nitrogen and oxygen atoms in total. The van der Waals surface area contributed by atoms with Gasteiger partial charge in [0, 0.05) is 10.9 Å². The van der Waals surface area contributed by atoms with Crippen molar-refractivity contribution in [3.63, 3.8) is 0 Å². The van der Waals surface area contributed by atoms with Crippen molar-refractivity contribution in [2.45, 2.75) is 0 Å². The molecule has 0 bridgehead atoms. The summed E-state index contributed by atoms with van der Waals surface area (Å²) in [6.45, 7) is 0. The minimum atomic E-state index is -0.437. The molecule has 1 aromatic heterocycles. The molecular formula is C18H11FN2OS. The predicted octanol–water partition coefficient (Wildman–Crippen LogP) is 4.84. The highest BCUT2D eigenvalue weighted by Crippen LogP contribution is 2.32. The van der Waals surface area contributed by atoms with Crippen molar-refractivity contribution in [1.82, 2.24) is 4.98 Å². The van der Waals surface area contributed by atoms with Crippen molar-refractivity contribution in [2.75, 3.05) is 5.32 Å². The third-order valence-electron chi connectivity index (χ3n) is 3.59. The highest BCUT2D eigenvalue weighted by molar-refractivity contribution is 7.23. The Hall–Kier alpha value is -2.79. The van der Waals surface area contributed by atoms with Crippen molar-refractivity contribution >= 4 is 43.4 Å². The maximum absolute atomic E-state index is 13.2. The second-order valence-corrected chi connectivity index (χ2v) is 6.12. The number of carbonyl (C=O) groups is 1. The Labute approximate surface area is 135 Å². The molecule has 23 heavy (non-hydrogen) atoms. The molecule has 0 radical (unpaired) electrons. The van der Waals surface area contributed by atoms with Gasteiger partial charge >= 0.3 is 0 Å². The Bertz CT molecular complexity index is 1040. The van der Waals surface area contributed by atoms with Crippen LogP contribution in [0.3, 0.4) is 0 Å². The van der Waals surface area contributed by atoms with E-state index in [2.05, 4.69) is 10.3 Å². The Morgan fingerprint density at radius 3 is 2.78 bits per heavy atom. The molecule has 0 aliphatic carbocycles. The van der Waals surface area contributed by atoms with Crippen LogP contribution in [0.2, 0.25) is 0 Å². The lowest BCUT2D eigenvalue weighted by Gasteiger charge is -2.01. The molecule has 4 aromatic rings. The number of carbonyl (C=O) groups excluding carboxylic acids is 1. The molecule has 0 spiro atoms. The number of amides is 1. The number of nitrogens with one attached hydrogen (secondary N) is 1. The lowest BCUT2D eigenvalue weighted by molar-refractivity contribution is 0.102. The molecule has 1 heterocycles.